The first-order valence-electron chi connectivity index (χ1n) is 7.67. The van der Waals surface area contributed by atoms with Crippen molar-refractivity contribution >= 4 is 11.6 Å². The quantitative estimate of drug-likeness (QED) is 0.493. The van der Waals surface area contributed by atoms with Crippen LogP contribution in [0.4, 0.5) is 0 Å². The van der Waals surface area contributed by atoms with E-state index in [9.17, 15) is 9.59 Å². The molecule has 0 saturated heterocycles. The predicted molar refractivity (Wildman–Crippen MR) is 91.3 cm³/mol. The van der Waals surface area contributed by atoms with Crippen molar-refractivity contribution < 1.29 is 40.1 Å². The van der Waals surface area contributed by atoms with Crippen LogP contribution in [0.15, 0.2) is 71.5 Å². The van der Waals surface area contributed by atoms with Gasteiger partial charge in [-0.1, -0.05) is 12.2 Å². The Morgan fingerprint density at radius 3 is 1.58 bits per heavy atom. The van der Waals surface area contributed by atoms with Crippen LogP contribution in [0.25, 0.3) is 0 Å². The van der Waals surface area contributed by atoms with E-state index in [1.807, 2.05) is 0 Å². The zero-order valence-electron chi connectivity index (χ0n) is 14.5. The fourth-order valence-corrected chi connectivity index (χ4v) is 2.12. The van der Waals surface area contributed by atoms with Gasteiger partial charge in [0.1, 0.15) is 0 Å². The summed E-state index contributed by atoms with van der Waals surface area (Å²) in [6.45, 7) is 1.18. The first-order valence-corrected chi connectivity index (χ1v) is 8.24. The van der Waals surface area contributed by atoms with Crippen LogP contribution in [0.2, 0.25) is 0 Å². The van der Waals surface area contributed by atoms with Gasteiger partial charge < -0.3 is 20.1 Å². The fourth-order valence-electron chi connectivity index (χ4n) is 2.12. The molecule has 26 heavy (non-hydrogen) atoms. The summed E-state index contributed by atoms with van der Waals surface area (Å²) in [7, 11) is 2.94. The van der Waals surface area contributed by atoms with E-state index in [1.54, 1.807) is 48.9 Å². The molecule has 137 valence electrons. The summed E-state index contributed by atoms with van der Waals surface area (Å²) in [4.78, 5) is 23.9. The Labute approximate surface area is 161 Å². The van der Waals surface area contributed by atoms with Crippen molar-refractivity contribution in [1.82, 2.24) is 10.6 Å². The Morgan fingerprint density at radius 2 is 1.23 bits per heavy atom. The topological polar surface area (TPSA) is 93.7 Å². The van der Waals surface area contributed by atoms with E-state index < -0.39 is 0 Å². The molecule has 8 heteroatoms. The summed E-state index contributed by atoms with van der Waals surface area (Å²) < 4.78 is 18.2. The van der Waals surface area contributed by atoms with Crippen LogP contribution in [0, 0.1) is 0 Å². The van der Waals surface area contributed by atoms with Crippen LogP contribution in [0.3, 0.4) is 0 Å². The fraction of sp³-hybridized carbons (Fsp3) is 0.222. The van der Waals surface area contributed by atoms with Crippen LogP contribution in [-0.2, 0) is 40.1 Å². The average molecular weight is 395 g/mol. The molecule has 0 amide bonds. The third-order valence-corrected chi connectivity index (χ3v) is 3.39. The van der Waals surface area contributed by atoms with Gasteiger partial charge in [-0.25, -0.2) is 0 Å². The molecular formula is C18H20N2O5V. The molecule has 0 aromatic heterocycles. The number of hydrogen-bond donors (Lipinski definition) is 2. The molecule has 0 aromatic rings. The van der Waals surface area contributed by atoms with Crippen molar-refractivity contribution in [3.05, 3.63) is 71.5 Å². The van der Waals surface area contributed by atoms with Gasteiger partial charge >= 0.3 is 21.0 Å². The van der Waals surface area contributed by atoms with Crippen molar-refractivity contribution in [3.63, 3.8) is 0 Å². The number of ether oxygens (including phenoxy) is 2. The molecule has 0 atom stereocenters. The number of carbonyl (C=O) groups is 2. The summed E-state index contributed by atoms with van der Waals surface area (Å²) in [5.74, 6) is 0.329. The summed E-state index contributed by atoms with van der Waals surface area (Å²) in [6.07, 6.45) is 13.5. The molecule has 0 radical (unpaired) electrons. The number of rotatable bonds is 7. The van der Waals surface area contributed by atoms with E-state index in [-0.39, 0.29) is 11.6 Å². The first kappa shape index (κ1) is 21.4. The Balaban J connectivity index is 0.00000163. The van der Waals surface area contributed by atoms with Gasteiger partial charge in [0.25, 0.3) is 0 Å². The average Bonchev–Trinajstić information content (AvgIpc) is 2.68. The minimum absolute atomic E-state index is 0.153. The van der Waals surface area contributed by atoms with Crippen LogP contribution < -0.4 is 10.6 Å². The van der Waals surface area contributed by atoms with E-state index in [4.69, 9.17) is 13.1 Å². The zero-order chi connectivity index (χ0) is 19.4. The van der Waals surface area contributed by atoms with E-state index in [0.717, 1.165) is 17.4 Å². The van der Waals surface area contributed by atoms with Crippen LogP contribution in [-0.4, -0.2) is 38.9 Å². The summed E-state index contributed by atoms with van der Waals surface area (Å²) in [6, 6.07) is 0. The van der Waals surface area contributed by atoms with Gasteiger partial charge in [0, 0.05) is 36.6 Å². The van der Waals surface area contributed by atoms with Gasteiger partial charge in [-0.2, -0.15) is 0 Å². The molecule has 2 N–H and O–H groups in total. The number of nitrogens with one attached hydrogen (secondary N) is 2. The molecule has 0 saturated carbocycles. The summed E-state index contributed by atoms with van der Waals surface area (Å²) in [5, 5.41) is 6.10. The Bertz CT molecular complexity index is 657. The van der Waals surface area contributed by atoms with E-state index in [0.29, 0.717) is 35.8 Å². The maximum atomic E-state index is 11.9. The van der Waals surface area contributed by atoms with Gasteiger partial charge in [0.2, 0.25) is 11.6 Å². The molecule has 7 nitrogen and oxygen atoms in total. The maximum absolute atomic E-state index is 11.9. The van der Waals surface area contributed by atoms with Crippen molar-refractivity contribution in [2.75, 3.05) is 27.3 Å². The molecule has 2 rings (SSSR count). The number of hydrogen-bond acceptors (Lipinski definition) is 7. The molecule has 0 bridgehead atoms. The van der Waals surface area contributed by atoms with Gasteiger partial charge in [-0.3, -0.25) is 9.59 Å². The summed E-state index contributed by atoms with van der Waals surface area (Å²) >= 11 is 1.06. The standard InChI is InChI=1S/C18H20N2O4.O.V/c1-23-15-7-3-5-13(17(15)21)11-19-9-10-20-12-14-6-4-8-16(24-2)18(14)22;;/h3-8,11-12,19-20H,9-10H2,1-2H3;;. The second kappa shape index (κ2) is 11.8. The van der Waals surface area contributed by atoms with Crippen LogP contribution >= 0.6 is 0 Å². The number of carbonyl (C=O) groups excluding carboxylic acids is 2. The molecule has 0 spiro atoms. The van der Waals surface area contributed by atoms with Crippen LogP contribution in [0.5, 0.6) is 0 Å². The van der Waals surface area contributed by atoms with Crippen molar-refractivity contribution in [1.29, 1.82) is 0 Å². The third-order valence-electron chi connectivity index (χ3n) is 3.39. The second-order valence-electron chi connectivity index (χ2n) is 4.95. The Morgan fingerprint density at radius 1 is 0.846 bits per heavy atom. The predicted octanol–water partition coefficient (Wildman–Crippen LogP) is 1.15. The molecule has 0 unspecified atom stereocenters. The van der Waals surface area contributed by atoms with Crippen molar-refractivity contribution in [2.24, 2.45) is 0 Å². The third kappa shape index (κ3) is 6.02. The summed E-state index contributed by atoms with van der Waals surface area (Å²) in [5.41, 5.74) is 1.07. The van der Waals surface area contributed by atoms with Gasteiger partial charge in [-0.15, -0.1) is 0 Å². The number of allylic oxidation sites excluding steroid dienone is 8. The van der Waals surface area contributed by atoms with Gasteiger partial charge in [0.15, 0.2) is 11.5 Å². The minimum atomic E-state index is -0.153. The molecule has 0 heterocycles. The number of Topliss-reactive ketones (excluding diaryl/α,β-unsaturated/α-hetero) is 2. The number of methoxy groups -OCH3 is 2. The normalized spacial score (nSPS) is 18.7. The molecular weight excluding hydrogens is 375 g/mol. The first-order chi connectivity index (χ1) is 12.7. The van der Waals surface area contributed by atoms with E-state index in [1.165, 1.54) is 14.2 Å². The number of ketones is 2. The van der Waals surface area contributed by atoms with Crippen molar-refractivity contribution in [2.45, 2.75) is 0 Å². The van der Waals surface area contributed by atoms with Crippen LogP contribution in [0.1, 0.15) is 0 Å². The van der Waals surface area contributed by atoms with E-state index >= 15 is 0 Å². The van der Waals surface area contributed by atoms with E-state index in [2.05, 4.69) is 10.6 Å². The van der Waals surface area contributed by atoms with Gasteiger partial charge in [-0.05, 0) is 24.3 Å². The second-order valence-corrected chi connectivity index (χ2v) is 4.95. The monoisotopic (exact) mass is 395 g/mol. The van der Waals surface area contributed by atoms with Crippen molar-refractivity contribution in [3.8, 4) is 0 Å². The zero-order valence-corrected chi connectivity index (χ0v) is 15.9. The molecule has 2 aliphatic rings. The molecule has 0 aromatic carbocycles. The molecule has 0 aliphatic heterocycles. The van der Waals surface area contributed by atoms with Gasteiger partial charge in [0.05, 0.1) is 14.2 Å². The molecule has 2 aliphatic carbocycles. The Hall–Kier alpha value is -2.64. The SMILES string of the molecule is COC1=CC=CC(=CNCCNC=C2C=CC=C(OC)C2=O)C1=O.[O]=[V]. The molecule has 0 fully saturated rings. The Kier molecular flexibility index (Phi) is 9.75.